The number of hydrogen-bond acceptors (Lipinski definition) is 2. The summed E-state index contributed by atoms with van der Waals surface area (Å²) in [6.07, 6.45) is 2.07. The van der Waals surface area contributed by atoms with E-state index in [-0.39, 0.29) is 17.9 Å². The molecule has 21 heavy (non-hydrogen) atoms. The summed E-state index contributed by atoms with van der Waals surface area (Å²) in [5.41, 5.74) is 1.45. The Morgan fingerprint density at radius 1 is 1.19 bits per heavy atom. The maximum absolute atomic E-state index is 12.8. The number of amides is 2. The number of carbonyl (C=O) groups excluding carboxylic acids is 2. The second-order valence-electron chi connectivity index (χ2n) is 6.76. The lowest BCUT2D eigenvalue weighted by Crippen LogP contribution is -2.68. The minimum atomic E-state index is -0.798. The summed E-state index contributed by atoms with van der Waals surface area (Å²) < 4.78 is 0. The number of benzene rings is 1. The van der Waals surface area contributed by atoms with E-state index in [0.717, 1.165) is 18.4 Å². The first-order valence-corrected chi connectivity index (χ1v) is 7.57. The number of carbonyl (C=O) groups is 2. The lowest BCUT2D eigenvalue weighted by Gasteiger charge is -2.44. The van der Waals surface area contributed by atoms with Gasteiger partial charge in [-0.25, -0.2) is 0 Å². The first-order valence-electron chi connectivity index (χ1n) is 7.57. The number of hydrogen-bond donors (Lipinski definition) is 1. The average Bonchev–Trinajstić information content (AvgIpc) is 3.26. The summed E-state index contributed by atoms with van der Waals surface area (Å²) >= 11 is 0. The van der Waals surface area contributed by atoms with Crippen LogP contribution in [0.4, 0.5) is 0 Å². The van der Waals surface area contributed by atoms with Crippen LogP contribution in [0.15, 0.2) is 24.3 Å². The fourth-order valence-electron chi connectivity index (χ4n) is 2.85. The number of nitrogens with zero attached hydrogens (tertiary/aromatic N) is 1. The van der Waals surface area contributed by atoms with Crippen LogP contribution in [-0.4, -0.2) is 28.3 Å². The fourth-order valence-corrected chi connectivity index (χ4v) is 2.85. The van der Waals surface area contributed by atoms with Gasteiger partial charge in [0.15, 0.2) is 0 Å². The van der Waals surface area contributed by atoms with Gasteiger partial charge < -0.3 is 10.2 Å². The Kier molecular flexibility index (Phi) is 3.27. The largest absolute Gasteiger partial charge is 0.342 e. The van der Waals surface area contributed by atoms with E-state index in [4.69, 9.17) is 0 Å². The highest BCUT2D eigenvalue weighted by Crippen LogP contribution is 2.37. The van der Waals surface area contributed by atoms with Gasteiger partial charge >= 0.3 is 0 Å². The molecule has 1 saturated heterocycles. The Hall–Kier alpha value is -1.84. The molecule has 0 bridgehead atoms. The van der Waals surface area contributed by atoms with E-state index < -0.39 is 5.54 Å². The Bertz CT molecular complexity index is 573. The van der Waals surface area contributed by atoms with Crippen LogP contribution in [-0.2, 0) is 16.1 Å². The van der Waals surface area contributed by atoms with Crippen molar-refractivity contribution in [2.45, 2.75) is 51.7 Å². The molecular formula is C17H22N2O2. The van der Waals surface area contributed by atoms with E-state index in [0.29, 0.717) is 12.5 Å². The molecule has 0 radical (unpaired) electrons. The lowest BCUT2D eigenvalue weighted by molar-refractivity contribution is -0.156. The van der Waals surface area contributed by atoms with Crippen molar-refractivity contribution in [2.24, 2.45) is 5.92 Å². The molecule has 4 nitrogen and oxygen atoms in total. The van der Waals surface area contributed by atoms with Gasteiger partial charge in [0.25, 0.3) is 0 Å². The van der Waals surface area contributed by atoms with Crippen LogP contribution in [0.2, 0.25) is 0 Å². The summed E-state index contributed by atoms with van der Waals surface area (Å²) in [7, 11) is 0. The van der Waals surface area contributed by atoms with E-state index in [2.05, 4.69) is 5.32 Å². The normalized spacial score (nSPS) is 24.9. The third-order valence-corrected chi connectivity index (χ3v) is 4.60. The topological polar surface area (TPSA) is 49.4 Å². The zero-order valence-corrected chi connectivity index (χ0v) is 12.8. The first-order chi connectivity index (χ1) is 9.89. The Balaban J connectivity index is 1.86. The number of rotatable bonds is 3. The van der Waals surface area contributed by atoms with E-state index in [1.807, 2.05) is 45.0 Å². The highest BCUT2D eigenvalue weighted by Gasteiger charge is 2.50. The van der Waals surface area contributed by atoms with E-state index in [1.165, 1.54) is 5.56 Å². The Morgan fingerprint density at radius 2 is 1.81 bits per heavy atom. The molecule has 112 valence electrons. The second-order valence-corrected chi connectivity index (χ2v) is 6.76. The zero-order valence-electron chi connectivity index (χ0n) is 12.8. The van der Waals surface area contributed by atoms with Gasteiger partial charge in [-0.3, -0.25) is 9.59 Å². The van der Waals surface area contributed by atoms with Gasteiger partial charge in [-0.1, -0.05) is 29.8 Å². The van der Waals surface area contributed by atoms with Crippen molar-refractivity contribution in [3.63, 3.8) is 0 Å². The predicted octanol–water partition coefficient (Wildman–Crippen LogP) is 2.01. The zero-order chi connectivity index (χ0) is 15.2. The van der Waals surface area contributed by atoms with Gasteiger partial charge in [0.05, 0.1) is 0 Å². The number of aryl methyl sites for hydroxylation is 1. The van der Waals surface area contributed by atoms with Crippen LogP contribution in [0.1, 0.15) is 37.8 Å². The molecular weight excluding hydrogens is 264 g/mol. The van der Waals surface area contributed by atoms with E-state index in [1.54, 1.807) is 4.90 Å². The molecule has 2 fully saturated rings. The summed E-state index contributed by atoms with van der Waals surface area (Å²) in [5.74, 6) is 0.340. The van der Waals surface area contributed by atoms with Crippen molar-refractivity contribution in [3.05, 3.63) is 35.4 Å². The van der Waals surface area contributed by atoms with Crippen LogP contribution in [0, 0.1) is 12.8 Å². The molecule has 1 saturated carbocycles. The highest BCUT2D eigenvalue weighted by atomic mass is 16.2. The van der Waals surface area contributed by atoms with Gasteiger partial charge in [0, 0.05) is 6.54 Å². The molecule has 1 heterocycles. The van der Waals surface area contributed by atoms with Crippen molar-refractivity contribution < 1.29 is 9.59 Å². The van der Waals surface area contributed by atoms with Crippen molar-refractivity contribution >= 4 is 11.8 Å². The third-order valence-electron chi connectivity index (χ3n) is 4.60. The highest BCUT2D eigenvalue weighted by molar-refractivity contribution is 5.99. The van der Waals surface area contributed by atoms with Gasteiger partial charge in [0.1, 0.15) is 11.6 Å². The Labute approximate surface area is 125 Å². The van der Waals surface area contributed by atoms with Gasteiger partial charge in [-0.15, -0.1) is 0 Å². The second kappa shape index (κ2) is 4.86. The lowest BCUT2D eigenvalue weighted by atomic mass is 9.93. The molecule has 1 aliphatic heterocycles. The third kappa shape index (κ3) is 2.55. The molecule has 1 unspecified atom stereocenters. The van der Waals surface area contributed by atoms with Crippen LogP contribution < -0.4 is 5.32 Å². The molecule has 1 aromatic rings. The quantitative estimate of drug-likeness (QED) is 0.924. The standard InChI is InChI=1S/C17H22N2O2/c1-11-4-6-12(7-5-11)10-19-15(20)14(13-8-9-13)18-16(21)17(19,2)3/h4-7,13-14H,8-10H2,1-3H3,(H,18,21). The molecule has 0 spiro atoms. The molecule has 2 aliphatic rings. The monoisotopic (exact) mass is 286 g/mol. The summed E-state index contributed by atoms with van der Waals surface area (Å²) in [5, 5.41) is 2.91. The molecule has 4 heteroatoms. The molecule has 2 amide bonds. The molecule has 1 aromatic carbocycles. The minimum absolute atomic E-state index is 0.0499. The fraction of sp³-hybridized carbons (Fsp3) is 0.529. The molecule has 1 aliphatic carbocycles. The van der Waals surface area contributed by atoms with Crippen LogP contribution >= 0.6 is 0 Å². The van der Waals surface area contributed by atoms with Crippen LogP contribution in [0.25, 0.3) is 0 Å². The van der Waals surface area contributed by atoms with Crippen molar-refractivity contribution in [1.82, 2.24) is 10.2 Å². The van der Waals surface area contributed by atoms with Crippen molar-refractivity contribution in [3.8, 4) is 0 Å². The maximum atomic E-state index is 12.8. The summed E-state index contributed by atoms with van der Waals surface area (Å²) in [6, 6.07) is 7.80. The minimum Gasteiger partial charge on any atom is -0.342 e. The summed E-state index contributed by atoms with van der Waals surface area (Å²) in [6.45, 7) is 6.16. The van der Waals surface area contributed by atoms with Crippen molar-refractivity contribution in [1.29, 1.82) is 0 Å². The van der Waals surface area contributed by atoms with E-state index >= 15 is 0 Å². The SMILES string of the molecule is Cc1ccc(CN2C(=O)C(C3CC3)NC(=O)C2(C)C)cc1. The molecule has 0 aromatic heterocycles. The molecule has 1 N–H and O–H groups in total. The van der Waals surface area contributed by atoms with Gasteiger partial charge in [0.2, 0.25) is 11.8 Å². The number of piperazine rings is 1. The first kappa shape index (κ1) is 14.1. The van der Waals surface area contributed by atoms with E-state index in [9.17, 15) is 9.59 Å². The molecule has 3 rings (SSSR count). The van der Waals surface area contributed by atoms with Crippen LogP contribution in [0.3, 0.4) is 0 Å². The smallest absolute Gasteiger partial charge is 0.246 e. The van der Waals surface area contributed by atoms with Crippen LogP contribution in [0.5, 0.6) is 0 Å². The van der Waals surface area contributed by atoms with Gasteiger partial charge in [-0.05, 0) is 45.1 Å². The average molecular weight is 286 g/mol. The van der Waals surface area contributed by atoms with Gasteiger partial charge in [-0.2, -0.15) is 0 Å². The van der Waals surface area contributed by atoms with Crippen molar-refractivity contribution in [2.75, 3.05) is 0 Å². The predicted molar refractivity (Wildman–Crippen MR) is 80.5 cm³/mol. The maximum Gasteiger partial charge on any atom is 0.246 e. The Morgan fingerprint density at radius 3 is 2.38 bits per heavy atom. The number of nitrogens with one attached hydrogen (secondary N) is 1. The molecule has 1 atom stereocenters. The summed E-state index contributed by atoms with van der Waals surface area (Å²) in [4.78, 5) is 26.8.